The third-order valence-corrected chi connectivity index (χ3v) is 10.2. The number of benzene rings is 2. The number of hydrogen-bond donors (Lipinski definition) is 2. The number of fused-ring (bicyclic) bond motifs is 1. The molecule has 12 heteroatoms. The minimum Gasteiger partial charge on any atom is -0.481 e. The normalized spacial score (nSPS) is 17.5. The molecule has 5 heterocycles. The molecular formula is C38H38Cl2N6O4. The molecule has 3 aromatic heterocycles. The van der Waals surface area contributed by atoms with Gasteiger partial charge in [0.2, 0.25) is 11.8 Å². The van der Waals surface area contributed by atoms with Crippen LogP contribution in [0.25, 0.3) is 39.2 Å². The molecule has 2 saturated heterocycles. The van der Waals surface area contributed by atoms with E-state index >= 15 is 0 Å². The number of ether oxygens (including phenoxy) is 2. The molecular weight excluding hydrogens is 675 g/mol. The lowest BCUT2D eigenvalue weighted by atomic mass is 9.97. The van der Waals surface area contributed by atoms with Crippen LogP contribution in [0.5, 0.6) is 5.88 Å². The van der Waals surface area contributed by atoms with E-state index in [1.54, 1.807) is 23.9 Å². The summed E-state index contributed by atoms with van der Waals surface area (Å²) in [6.45, 7) is 2.43. The van der Waals surface area contributed by atoms with Crippen LogP contribution in [0.15, 0.2) is 77.9 Å². The van der Waals surface area contributed by atoms with Gasteiger partial charge in [0.1, 0.15) is 11.9 Å². The lowest BCUT2D eigenvalue weighted by molar-refractivity contribution is -0.119. The van der Waals surface area contributed by atoms with Gasteiger partial charge in [-0.1, -0.05) is 65.7 Å². The summed E-state index contributed by atoms with van der Waals surface area (Å²) >= 11 is 14.2. The molecule has 2 fully saturated rings. The van der Waals surface area contributed by atoms with Gasteiger partial charge in [-0.2, -0.15) is 0 Å². The van der Waals surface area contributed by atoms with Crippen molar-refractivity contribution >= 4 is 34.8 Å². The van der Waals surface area contributed by atoms with Crippen LogP contribution in [-0.4, -0.2) is 64.8 Å². The maximum atomic E-state index is 13.4. The van der Waals surface area contributed by atoms with Crippen molar-refractivity contribution in [2.45, 2.75) is 51.0 Å². The number of pyridine rings is 2. The Morgan fingerprint density at radius 2 is 1.76 bits per heavy atom. The van der Waals surface area contributed by atoms with E-state index in [-0.39, 0.29) is 23.7 Å². The van der Waals surface area contributed by atoms with Crippen molar-refractivity contribution in [2.24, 2.45) is 0 Å². The first kappa shape index (κ1) is 34.1. The van der Waals surface area contributed by atoms with Gasteiger partial charge in [-0.15, -0.1) is 0 Å². The molecule has 0 spiro atoms. The Balaban J connectivity index is 1.13. The first-order valence-electron chi connectivity index (χ1n) is 16.7. The van der Waals surface area contributed by atoms with Gasteiger partial charge in [0.15, 0.2) is 0 Å². The van der Waals surface area contributed by atoms with Crippen molar-refractivity contribution < 1.29 is 14.3 Å². The largest absolute Gasteiger partial charge is 0.481 e. The van der Waals surface area contributed by atoms with Crippen molar-refractivity contribution in [1.29, 1.82) is 0 Å². The Morgan fingerprint density at radius 1 is 1.00 bits per heavy atom. The molecule has 0 saturated carbocycles. The van der Waals surface area contributed by atoms with E-state index in [0.717, 1.165) is 59.3 Å². The van der Waals surface area contributed by atoms with E-state index in [2.05, 4.69) is 20.5 Å². The van der Waals surface area contributed by atoms with Crippen molar-refractivity contribution in [3.8, 4) is 39.4 Å². The zero-order valence-electron chi connectivity index (χ0n) is 27.9. The molecule has 2 aliphatic rings. The molecule has 258 valence electrons. The standard InChI is InChI=1S/C38H38Cl2N6O4/c1-45(34-10-5-17-50-34)22-25-20-42-32-18-23(15-16-46(32)38(25)48)27-6-3-7-28(35(27)39)29-8-4-9-30(36(29)40)31-13-11-24(37(44-31)49-2)19-41-21-26-12-14-33(47)43-26/h3-4,6-9,11,13,15-16,18,20,26,34,41H,5,10,12,14,17,19,21-22H2,1-2H3,(H,43,47)/t26-,34-/m0/s1. The van der Waals surface area contributed by atoms with Crippen LogP contribution in [-0.2, 0) is 22.6 Å². The maximum Gasteiger partial charge on any atom is 0.262 e. The molecule has 2 aliphatic heterocycles. The molecule has 7 rings (SSSR count). The molecule has 0 radical (unpaired) electrons. The molecule has 5 aromatic rings. The van der Waals surface area contributed by atoms with Crippen LogP contribution in [0.3, 0.4) is 0 Å². The minimum absolute atomic E-state index is 0.0211. The van der Waals surface area contributed by atoms with Crippen molar-refractivity contribution in [2.75, 3.05) is 27.3 Å². The Bertz CT molecular complexity index is 2120. The first-order valence-corrected chi connectivity index (χ1v) is 17.5. The Kier molecular flexibility index (Phi) is 10.2. The third kappa shape index (κ3) is 6.99. The molecule has 0 bridgehead atoms. The summed E-state index contributed by atoms with van der Waals surface area (Å²) < 4.78 is 13.0. The zero-order valence-corrected chi connectivity index (χ0v) is 29.4. The van der Waals surface area contributed by atoms with E-state index < -0.39 is 0 Å². The minimum atomic E-state index is -0.108. The van der Waals surface area contributed by atoms with Gasteiger partial charge in [0.25, 0.3) is 5.56 Å². The van der Waals surface area contributed by atoms with Crippen LogP contribution in [0.4, 0.5) is 0 Å². The van der Waals surface area contributed by atoms with Crippen LogP contribution in [0.2, 0.25) is 10.0 Å². The fourth-order valence-electron chi connectivity index (χ4n) is 6.71. The summed E-state index contributed by atoms with van der Waals surface area (Å²) in [7, 11) is 3.56. The SMILES string of the molecule is COc1nc(-c2cccc(-c3cccc(-c4ccn5c(=O)c(CN(C)[C@@H]6CCCO6)cnc5c4)c3Cl)c2Cl)ccc1CNC[C@@H]1CCC(=O)N1. The average molecular weight is 714 g/mol. The second-order valence-corrected chi connectivity index (χ2v) is 13.5. The molecule has 0 unspecified atom stereocenters. The molecule has 2 aromatic carbocycles. The Hall–Kier alpha value is -4.32. The Morgan fingerprint density at radius 3 is 2.48 bits per heavy atom. The summed E-state index contributed by atoms with van der Waals surface area (Å²) in [5.41, 5.74) is 6.48. The molecule has 10 nitrogen and oxygen atoms in total. The number of nitrogens with zero attached hydrogens (tertiary/aromatic N) is 4. The van der Waals surface area contributed by atoms with Crippen LogP contribution >= 0.6 is 23.2 Å². The second kappa shape index (κ2) is 14.9. The Labute approximate surface area is 300 Å². The van der Waals surface area contributed by atoms with Crippen LogP contribution in [0, 0.1) is 0 Å². The summed E-state index contributed by atoms with van der Waals surface area (Å²) in [6.07, 6.45) is 6.81. The third-order valence-electron chi connectivity index (χ3n) is 9.40. The van der Waals surface area contributed by atoms with E-state index in [4.69, 9.17) is 37.7 Å². The fourth-order valence-corrected chi connectivity index (χ4v) is 7.37. The molecule has 2 N–H and O–H groups in total. The highest BCUT2D eigenvalue weighted by Crippen LogP contribution is 2.42. The highest BCUT2D eigenvalue weighted by atomic mass is 35.5. The summed E-state index contributed by atoms with van der Waals surface area (Å²) in [4.78, 5) is 36.4. The topological polar surface area (TPSA) is 110 Å². The van der Waals surface area contributed by atoms with Crippen LogP contribution < -0.4 is 20.9 Å². The van der Waals surface area contributed by atoms with Crippen molar-refractivity contribution in [3.05, 3.63) is 105 Å². The van der Waals surface area contributed by atoms with Crippen molar-refractivity contribution in [1.82, 2.24) is 29.9 Å². The highest BCUT2D eigenvalue weighted by molar-refractivity contribution is 6.39. The number of carbonyl (C=O) groups is 1. The van der Waals surface area contributed by atoms with E-state index in [0.29, 0.717) is 58.9 Å². The maximum absolute atomic E-state index is 13.4. The molecule has 50 heavy (non-hydrogen) atoms. The monoisotopic (exact) mass is 712 g/mol. The average Bonchev–Trinajstić information content (AvgIpc) is 3.82. The summed E-state index contributed by atoms with van der Waals surface area (Å²) in [5, 5.41) is 7.40. The predicted octanol–water partition coefficient (Wildman–Crippen LogP) is 6.34. The number of nitrogens with one attached hydrogen (secondary N) is 2. The summed E-state index contributed by atoms with van der Waals surface area (Å²) in [6, 6.07) is 19.4. The number of rotatable bonds is 11. The molecule has 2 atom stereocenters. The number of halogens is 2. The highest BCUT2D eigenvalue weighted by Gasteiger charge is 2.23. The number of amides is 1. The quantitative estimate of drug-likeness (QED) is 0.163. The molecule has 0 aliphatic carbocycles. The van der Waals surface area contributed by atoms with E-state index in [9.17, 15) is 9.59 Å². The van der Waals surface area contributed by atoms with Gasteiger partial charge in [0, 0.05) is 78.9 Å². The number of hydrogen-bond acceptors (Lipinski definition) is 8. The number of methoxy groups -OCH3 is 1. The van der Waals surface area contributed by atoms with Crippen LogP contribution in [0.1, 0.15) is 36.8 Å². The van der Waals surface area contributed by atoms with Crippen molar-refractivity contribution in [3.63, 3.8) is 0 Å². The number of aromatic nitrogens is 3. The molecule has 1 amide bonds. The fraction of sp³-hybridized carbons (Fsp3) is 0.316. The van der Waals surface area contributed by atoms with Gasteiger partial charge in [-0.3, -0.25) is 18.9 Å². The van der Waals surface area contributed by atoms with E-state index in [1.165, 1.54) is 0 Å². The second-order valence-electron chi connectivity index (χ2n) is 12.7. The van der Waals surface area contributed by atoms with E-state index in [1.807, 2.05) is 67.7 Å². The van der Waals surface area contributed by atoms with Gasteiger partial charge in [-0.05, 0) is 50.1 Å². The lowest BCUT2D eigenvalue weighted by Crippen LogP contribution is -2.35. The number of carbonyl (C=O) groups excluding carboxylic acids is 1. The van der Waals surface area contributed by atoms with Gasteiger partial charge >= 0.3 is 0 Å². The van der Waals surface area contributed by atoms with Gasteiger partial charge in [-0.25, -0.2) is 9.97 Å². The lowest BCUT2D eigenvalue weighted by Gasteiger charge is -2.22. The van der Waals surface area contributed by atoms with Gasteiger partial charge in [0.05, 0.1) is 28.4 Å². The smallest absolute Gasteiger partial charge is 0.262 e. The summed E-state index contributed by atoms with van der Waals surface area (Å²) in [5.74, 6) is 0.595. The first-order chi connectivity index (χ1) is 24.3. The predicted molar refractivity (Wildman–Crippen MR) is 195 cm³/mol. The van der Waals surface area contributed by atoms with Gasteiger partial charge < -0.3 is 20.1 Å². The zero-order chi connectivity index (χ0) is 34.8.